The predicted octanol–water partition coefficient (Wildman–Crippen LogP) is 2.34. The number of nitrogens with zero attached hydrogens (tertiary/aromatic N) is 2. The summed E-state index contributed by atoms with van der Waals surface area (Å²) in [5.74, 6) is 0.696. The van der Waals surface area contributed by atoms with Gasteiger partial charge in [-0.05, 0) is 26.0 Å². The summed E-state index contributed by atoms with van der Waals surface area (Å²) >= 11 is 0. The van der Waals surface area contributed by atoms with Gasteiger partial charge < -0.3 is 14.4 Å². The van der Waals surface area contributed by atoms with E-state index in [0.717, 1.165) is 17.2 Å². The van der Waals surface area contributed by atoms with E-state index in [4.69, 9.17) is 9.84 Å². The number of carboxylic acids is 1. The number of aliphatic carboxylic acids is 1. The third-order valence-corrected chi connectivity index (χ3v) is 2.68. The van der Waals surface area contributed by atoms with E-state index < -0.39 is 5.97 Å². The number of ether oxygens (including phenoxy) is 1. The van der Waals surface area contributed by atoms with Gasteiger partial charge in [0.05, 0.1) is 24.4 Å². The van der Waals surface area contributed by atoms with Crippen LogP contribution in [0.25, 0.3) is 5.69 Å². The number of imidazole rings is 1. The number of aromatic nitrogens is 2. The maximum absolute atomic E-state index is 10.4. The molecule has 0 aliphatic rings. The highest BCUT2D eigenvalue weighted by Crippen LogP contribution is 2.18. The first-order valence-corrected chi connectivity index (χ1v) is 6.04. The van der Waals surface area contributed by atoms with Gasteiger partial charge in [-0.3, -0.25) is 4.79 Å². The van der Waals surface area contributed by atoms with Gasteiger partial charge in [0.1, 0.15) is 11.6 Å². The molecule has 0 saturated carbocycles. The van der Waals surface area contributed by atoms with E-state index in [1.807, 2.05) is 48.9 Å². The van der Waals surface area contributed by atoms with E-state index in [1.165, 1.54) is 0 Å². The zero-order valence-corrected chi connectivity index (χ0v) is 11.0. The van der Waals surface area contributed by atoms with Crippen LogP contribution in [0, 0.1) is 13.8 Å². The largest absolute Gasteiger partial charge is 0.493 e. The molecule has 5 nitrogen and oxygen atoms in total. The topological polar surface area (TPSA) is 64.3 Å². The lowest BCUT2D eigenvalue weighted by Crippen LogP contribution is -2.05. The van der Waals surface area contributed by atoms with Crippen molar-refractivity contribution in [1.29, 1.82) is 0 Å². The van der Waals surface area contributed by atoms with Crippen molar-refractivity contribution in [2.45, 2.75) is 20.3 Å². The summed E-state index contributed by atoms with van der Waals surface area (Å²) < 4.78 is 7.38. The smallest absolute Gasteiger partial charge is 0.306 e. The number of benzene rings is 1. The molecule has 1 N–H and O–H groups in total. The third kappa shape index (κ3) is 3.34. The molecule has 0 aliphatic carbocycles. The van der Waals surface area contributed by atoms with Crippen LogP contribution in [0.15, 0.2) is 30.5 Å². The monoisotopic (exact) mass is 260 g/mol. The molecule has 0 radical (unpaired) electrons. The Bertz CT molecular complexity index is 590. The molecule has 0 bridgehead atoms. The lowest BCUT2D eigenvalue weighted by atomic mass is 10.3. The normalized spacial score (nSPS) is 10.4. The van der Waals surface area contributed by atoms with Gasteiger partial charge >= 0.3 is 5.97 Å². The minimum atomic E-state index is -0.864. The predicted molar refractivity (Wildman–Crippen MR) is 70.8 cm³/mol. The zero-order valence-electron chi connectivity index (χ0n) is 11.0. The number of rotatable bonds is 5. The maximum atomic E-state index is 10.4. The van der Waals surface area contributed by atoms with Crippen molar-refractivity contribution in [2.75, 3.05) is 6.61 Å². The highest BCUT2D eigenvalue weighted by Gasteiger charge is 2.05. The van der Waals surface area contributed by atoms with Gasteiger partial charge in [0.25, 0.3) is 0 Å². The van der Waals surface area contributed by atoms with Crippen LogP contribution in [0.1, 0.15) is 17.9 Å². The van der Waals surface area contributed by atoms with E-state index >= 15 is 0 Å². The van der Waals surface area contributed by atoms with Crippen molar-refractivity contribution in [3.63, 3.8) is 0 Å². The summed E-state index contributed by atoms with van der Waals surface area (Å²) in [5.41, 5.74) is 1.90. The van der Waals surface area contributed by atoms with Crippen LogP contribution in [0.2, 0.25) is 0 Å². The van der Waals surface area contributed by atoms with E-state index in [0.29, 0.717) is 5.75 Å². The average Bonchev–Trinajstić information content (AvgIpc) is 2.68. The third-order valence-electron chi connectivity index (χ3n) is 2.68. The van der Waals surface area contributed by atoms with Crippen molar-refractivity contribution >= 4 is 5.97 Å². The number of carboxylic acid groups (broad SMARTS) is 1. The van der Waals surface area contributed by atoms with Gasteiger partial charge in [-0.25, -0.2) is 4.98 Å². The van der Waals surface area contributed by atoms with Crippen molar-refractivity contribution in [3.8, 4) is 11.4 Å². The first kappa shape index (κ1) is 13.1. The van der Waals surface area contributed by atoms with Crippen LogP contribution in [-0.2, 0) is 4.79 Å². The quantitative estimate of drug-likeness (QED) is 0.896. The molecule has 0 spiro atoms. The minimum Gasteiger partial charge on any atom is -0.493 e. The fraction of sp³-hybridized carbons (Fsp3) is 0.286. The Morgan fingerprint density at radius 3 is 2.84 bits per heavy atom. The molecule has 100 valence electrons. The van der Waals surface area contributed by atoms with Gasteiger partial charge in [-0.15, -0.1) is 0 Å². The van der Waals surface area contributed by atoms with E-state index in [2.05, 4.69) is 4.98 Å². The minimum absolute atomic E-state index is 0.00651. The second kappa shape index (κ2) is 5.56. The molecule has 0 aliphatic heterocycles. The van der Waals surface area contributed by atoms with Gasteiger partial charge in [0.15, 0.2) is 0 Å². The molecule has 0 atom stereocenters. The van der Waals surface area contributed by atoms with Crippen LogP contribution in [0.3, 0.4) is 0 Å². The fourth-order valence-corrected chi connectivity index (χ4v) is 1.86. The van der Waals surface area contributed by atoms with Gasteiger partial charge in [0.2, 0.25) is 0 Å². The molecule has 0 unspecified atom stereocenters. The molecule has 1 aromatic heterocycles. The molecular weight excluding hydrogens is 244 g/mol. The molecule has 1 aromatic carbocycles. The first-order valence-electron chi connectivity index (χ1n) is 6.04. The van der Waals surface area contributed by atoms with Crippen LogP contribution in [0.5, 0.6) is 5.75 Å². The van der Waals surface area contributed by atoms with Gasteiger partial charge in [-0.1, -0.05) is 6.07 Å². The van der Waals surface area contributed by atoms with E-state index in [9.17, 15) is 4.79 Å². The Labute approximate surface area is 111 Å². The van der Waals surface area contributed by atoms with Crippen molar-refractivity contribution in [3.05, 3.63) is 42.0 Å². The molecule has 5 heteroatoms. The Hall–Kier alpha value is -2.30. The molecule has 2 rings (SSSR count). The summed E-state index contributed by atoms with van der Waals surface area (Å²) in [6.07, 6.45) is 1.94. The Balaban J connectivity index is 2.15. The lowest BCUT2D eigenvalue weighted by Gasteiger charge is -2.08. The summed E-state index contributed by atoms with van der Waals surface area (Å²) in [6, 6.07) is 7.51. The molecule has 2 aromatic rings. The highest BCUT2D eigenvalue weighted by atomic mass is 16.5. The highest BCUT2D eigenvalue weighted by molar-refractivity contribution is 5.66. The summed E-state index contributed by atoms with van der Waals surface area (Å²) in [5, 5.41) is 8.57. The Kier molecular flexibility index (Phi) is 3.85. The van der Waals surface area contributed by atoms with Crippen molar-refractivity contribution in [2.24, 2.45) is 0 Å². The number of carbonyl (C=O) groups is 1. The standard InChI is InChI=1S/C14H16N2O3/c1-10-9-16(11(2)15-10)12-4-3-5-13(8-12)19-7-6-14(17)18/h3-5,8-9H,6-7H2,1-2H3,(H,17,18). The molecule has 0 saturated heterocycles. The SMILES string of the molecule is Cc1cn(-c2cccc(OCCC(=O)O)c2)c(C)n1. The molecule has 19 heavy (non-hydrogen) atoms. The molecular formula is C14H16N2O3. The molecule has 0 amide bonds. The zero-order chi connectivity index (χ0) is 13.8. The van der Waals surface area contributed by atoms with Crippen LogP contribution in [-0.4, -0.2) is 27.2 Å². The average molecular weight is 260 g/mol. The summed E-state index contributed by atoms with van der Waals surface area (Å²) in [4.78, 5) is 14.8. The van der Waals surface area contributed by atoms with Gasteiger partial charge in [-0.2, -0.15) is 0 Å². The number of hydrogen-bond acceptors (Lipinski definition) is 3. The fourth-order valence-electron chi connectivity index (χ4n) is 1.86. The second-order valence-corrected chi connectivity index (χ2v) is 4.29. The number of aryl methyl sites for hydroxylation is 2. The molecule has 0 fully saturated rings. The Morgan fingerprint density at radius 1 is 1.42 bits per heavy atom. The van der Waals surface area contributed by atoms with Gasteiger partial charge in [0, 0.05) is 12.3 Å². The van der Waals surface area contributed by atoms with E-state index in [1.54, 1.807) is 0 Å². The van der Waals surface area contributed by atoms with Crippen LogP contribution >= 0.6 is 0 Å². The molecule has 1 heterocycles. The Morgan fingerprint density at radius 2 is 2.21 bits per heavy atom. The van der Waals surface area contributed by atoms with Crippen LogP contribution < -0.4 is 4.74 Å². The number of hydrogen-bond donors (Lipinski definition) is 1. The second-order valence-electron chi connectivity index (χ2n) is 4.29. The summed E-state index contributed by atoms with van der Waals surface area (Å²) in [7, 11) is 0. The maximum Gasteiger partial charge on any atom is 0.306 e. The van der Waals surface area contributed by atoms with Crippen molar-refractivity contribution < 1.29 is 14.6 Å². The van der Waals surface area contributed by atoms with Crippen molar-refractivity contribution in [1.82, 2.24) is 9.55 Å². The summed E-state index contributed by atoms with van der Waals surface area (Å²) in [6.45, 7) is 4.04. The van der Waals surface area contributed by atoms with E-state index in [-0.39, 0.29) is 13.0 Å². The lowest BCUT2D eigenvalue weighted by molar-refractivity contribution is -0.137. The first-order chi connectivity index (χ1) is 9.06. The van der Waals surface area contributed by atoms with Crippen LogP contribution in [0.4, 0.5) is 0 Å².